The molecule has 7 nitrogen and oxygen atoms in total. The van der Waals surface area contributed by atoms with E-state index < -0.39 is 0 Å². The van der Waals surface area contributed by atoms with Crippen molar-refractivity contribution in [3.05, 3.63) is 17.5 Å². The molecule has 0 radical (unpaired) electrons. The number of nitrogens with zero attached hydrogens (tertiary/aromatic N) is 2. The monoisotopic (exact) mass is 341 g/mol. The molecule has 1 N–H and O–H groups in total. The fourth-order valence-corrected chi connectivity index (χ4v) is 2.71. The summed E-state index contributed by atoms with van der Waals surface area (Å²) >= 11 is 1.23. The van der Waals surface area contributed by atoms with E-state index in [9.17, 15) is 4.79 Å². The zero-order valence-corrected chi connectivity index (χ0v) is 14.5. The SMILES string of the molecule is CC(C)=CCO[C@@H]1COCC[C@H]1NC(=O)CSc1nnc(C)o1. The summed E-state index contributed by atoms with van der Waals surface area (Å²) in [6.07, 6.45) is 2.63. The van der Waals surface area contributed by atoms with Crippen molar-refractivity contribution in [3.63, 3.8) is 0 Å². The lowest BCUT2D eigenvalue weighted by Gasteiger charge is -2.31. The molecular formula is C15H23N3O4S. The molecule has 2 atom stereocenters. The second-order valence-corrected chi connectivity index (χ2v) is 6.49. The van der Waals surface area contributed by atoms with Gasteiger partial charge >= 0.3 is 0 Å². The van der Waals surface area contributed by atoms with E-state index in [0.717, 1.165) is 6.42 Å². The van der Waals surface area contributed by atoms with Gasteiger partial charge in [-0.25, -0.2) is 0 Å². The minimum atomic E-state index is -0.126. The lowest BCUT2D eigenvalue weighted by molar-refractivity contribution is -0.123. The number of hydrogen-bond acceptors (Lipinski definition) is 7. The molecule has 0 saturated carbocycles. The third-order valence-electron chi connectivity index (χ3n) is 3.29. The molecule has 0 unspecified atom stereocenters. The maximum absolute atomic E-state index is 12.1. The van der Waals surface area contributed by atoms with Gasteiger partial charge in [0.05, 0.1) is 25.0 Å². The van der Waals surface area contributed by atoms with Crippen LogP contribution in [0.25, 0.3) is 0 Å². The van der Waals surface area contributed by atoms with Crippen LogP contribution in [0.1, 0.15) is 26.2 Å². The number of carbonyl (C=O) groups is 1. The van der Waals surface area contributed by atoms with E-state index in [2.05, 4.69) is 15.5 Å². The van der Waals surface area contributed by atoms with Gasteiger partial charge in [0.15, 0.2) is 0 Å². The molecule has 0 aromatic carbocycles. The van der Waals surface area contributed by atoms with Crippen LogP contribution in [0.2, 0.25) is 0 Å². The lowest BCUT2D eigenvalue weighted by atomic mass is 10.1. The number of carbonyl (C=O) groups excluding carboxylic acids is 1. The second kappa shape index (κ2) is 9.05. The zero-order chi connectivity index (χ0) is 16.7. The van der Waals surface area contributed by atoms with E-state index in [-0.39, 0.29) is 23.8 Å². The van der Waals surface area contributed by atoms with Crippen LogP contribution in [0.3, 0.4) is 0 Å². The molecule has 1 fully saturated rings. The standard InChI is InChI=1S/C15H23N3O4S/c1-10(2)4-7-21-13-8-20-6-5-12(13)16-14(19)9-23-15-18-17-11(3)22-15/h4,12-13H,5-9H2,1-3H3,(H,16,19)/t12-,13-/m1/s1. The van der Waals surface area contributed by atoms with Gasteiger partial charge in [-0.3, -0.25) is 4.79 Å². The minimum Gasteiger partial charge on any atom is -0.416 e. The Morgan fingerprint density at radius 2 is 2.30 bits per heavy atom. The molecule has 1 amide bonds. The summed E-state index contributed by atoms with van der Waals surface area (Å²) in [7, 11) is 0. The first-order valence-corrected chi connectivity index (χ1v) is 8.58. The van der Waals surface area contributed by atoms with E-state index in [1.807, 2.05) is 19.9 Å². The van der Waals surface area contributed by atoms with Crippen molar-refractivity contribution < 1.29 is 18.7 Å². The van der Waals surface area contributed by atoms with Crippen LogP contribution in [0.15, 0.2) is 21.3 Å². The molecule has 1 aliphatic rings. The molecule has 1 aromatic rings. The Morgan fingerprint density at radius 1 is 1.48 bits per heavy atom. The van der Waals surface area contributed by atoms with Crippen molar-refractivity contribution in [2.24, 2.45) is 0 Å². The summed E-state index contributed by atoms with van der Waals surface area (Å²) in [5.74, 6) is 0.651. The molecule has 1 aliphatic heterocycles. The van der Waals surface area contributed by atoms with Gasteiger partial charge in [0, 0.05) is 13.5 Å². The molecule has 0 aliphatic carbocycles. The van der Waals surface area contributed by atoms with Gasteiger partial charge in [-0.15, -0.1) is 10.2 Å². The van der Waals surface area contributed by atoms with E-state index in [1.54, 1.807) is 6.92 Å². The second-order valence-electron chi connectivity index (χ2n) is 5.57. The van der Waals surface area contributed by atoms with E-state index >= 15 is 0 Å². The molecule has 2 rings (SSSR count). The number of allylic oxidation sites excluding steroid dienone is 1. The van der Waals surface area contributed by atoms with Gasteiger partial charge in [-0.2, -0.15) is 0 Å². The topological polar surface area (TPSA) is 86.5 Å². The van der Waals surface area contributed by atoms with Crippen molar-refractivity contribution >= 4 is 17.7 Å². The van der Waals surface area contributed by atoms with E-state index in [1.165, 1.54) is 17.3 Å². The third-order valence-corrected chi connectivity index (χ3v) is 4.11. The van der Waals surface area contributed by atoms with Gasteiger partial charge in [0.25, 0.3) is 5.22 Å². The van der Waals surface area contributed by atoms with Gasteiger partial charge in [-0.1, -0.05) is 23.4 Å². The van der Waals surface area contributed by atoms with Crippen molar-refractivity contribution in [3.8, 4) is 0 Å². The fraction of sp³-hybridized carbons (Fsp3) is 0.667. The van der Waals surface area contributed by atoms with Crippen LogP contribution in [0.5, 0.6) is 0 Å². The Balaban J connectivity index is 1.78. The van der Waals surface area contributed by atoms with Crippen LogP contribution in [-0.2, 0) is 14.3 Å². The molecule has 0 bridgehead atoms. The van der Waals surface area contributed by atoms with E-state index in [4.69, 9.17) is 13.9 Å². The molecule has 128 valence electrons. The highest BCUT2D eigenvalue weighted by Gasteiger charge is 2.27. The van der Waals surface area contributed by atoms with Gasteiger partial charge in [0.2, 0.25) is 11.8 Å². The predicted octanol–water partition coefficient (Wildman–Crippen LogP) is 1.73. The highest BCUT2D eigenvalue weighted by atomic mass is 32.2. The first-order chi connectivity index (χ1) is 11.0. The summed E-state index contributed by atoms with van der Waals surface area (Å²) in [5, 5.41) is 11.0. The van der Waals surface area contributed by atoms with Crippen molar-refractivity contribution in [1.29, 1.82) is 0 Å². The van der Waals surface area contributed by atoms with Crippen LogP contribution in [0.4, 0.5) is 0 Å². The Morgan fingerprint density at radius 3 is 3.00 bits per heavy atom. The first kappa shape index (κ1) is 18.0. The molecule has 1 aromatic heterocycles. The normalized spacial score (nSPS) is 21.0. The summed E-state index contributed by atoms with van der Waals surface area (Å²) in [6, 6.07) is -0.0353. The summed E-state index contributed by atoms with van der Waals surface area (Å²) in [5.41, 5.74) is 1.20. The molecule has 1 saturated heterocycles. The number of amides is 1. The number of aryl methyl sites for hydroxylation is 1. The highest BCUT2D eigenvalue weighted by molar-refractivity contribution is 7.99. The van der Waals surface area contributed by atoms with Crippen molar-refractivity contribution in [2.45, 2.75) is 44.6 Å². The average molecular weight is 341 g/mol. The van der Waals surface area contributed by atoms with Gasteiger partial charge in [-0.05, 0) is 20.3 Å². The predicted molar refractivity (Wildman–Crippen MR) is 86.3 cm³/mol. The molecular weight excluding hydrogens is 318 g/mol. The molecule has 8 heteroatoms. The van der Waals surface area contributed by atoms with Crippen LogP contribution >= 0.6 is 11.8 Å². The first-order valence-electron chi connectivity index (χ1n) is 7.59. The fourth-order valence-electron chi connectivity index (χ4n) is 2.09. The van der Waals surface area contributed by atoms with Crippen molar-refractivity contribution in [2.75, 3.05) is 25.6 Å². The third kappa shape index (κ3) is 6.32. The molecule has 0 spiro atoms. The maximum atomic E-state index is 12.1. The summed E-state index contributed by atoms with van der Waals surface area (Å²) < 4.78 is 16.5. The van der Waals surface area contributed by atoms with Crippen LogP contribution in [-0.4, -0.2) is 53.8 Å². The number of thioether (sulfide) groups is 1. The Bertz CT molecular complexity index is 543. The molecule has 23 heavy (non-hydrogen) atoms. The van der Waals surface area contributed by atoms with Crippen LogP contribution < -0.4 is 5.32 Å². The number of nitrogens with one attached hydrogen (secondary N) is 1. The highest BCUT2D eigenvalue weighted by Crippen LogP contribution is 2.16. The maximum Gasteiger partial charge on any atom is 0.277 e. The number of aromatic nitrogens is 2. The molecule has 2 heterocycles. The van der Waals surface area contributed by atoms with E-state index in [0.29, 0.717) is 30.9 Å². The average Bonchev–Trinajstić information content (AvgIpc) is 2.92. The Labute approximate surface area is 140 Å². The Hall–Kier alpha value is -1.38. The van der Waals surface area contributed by atoms with Gasteiger partial charge < -0.3 is 19.2 Å². The number of ether oxygens (including phenoxy) is 2. The Kier molecular flexibility index (Phi) is 7.07. The quantitative estimate of drug-likeness (QED) is 0.597. The smallest absolute Gasteiger partial charge is 0.277 e. The minimum absolute atomic E-state index is 0.0353. The lowest BCUT2D eigenvalue weighted by Crippen LogP contribution is -2.50. The van der Waals surface area contributed by atoms with Crippen LogP contribution in [0, 0.1) is 6.92 Å². The largest absolute Gasteiger partial charge is 0.416 e. The summed E-state index contributed by atoms with van der Waals surface area (Å²) in [6.45, 7) is 7.42. The van der Waals surface area contributed by atoms with Crippen molar-refractivity contribution in [1.82, 2.24) is 15.5 Å². The number of rotatable bonds is 7. The summed E-state index contributed by atoms with van der Waals surface area (Å²) in [4.78, 5) is 12.1. The zero-order valence-electron chi connectivity index (χ0n) is 13.7. The number of hydrogen-bond donors (Lipinski definition) is 1. The van der Waals surface area contributed by atoms with Gasteiger partial charge in [0.1, 0.15) is 6.10 Å².